The molecule has 7 nitrogen and oxygen atoms in total. The zero-order valence-electron chi connectivity index (χ0n) is 15.5. The van der Waals surface area contributed by atoms with Gasteiger partial charge in [0.25, 0.3) is 5.89 Å². The van der Waals surface area contributed by atoms with Gasteiger partial charge in [0, 0.05) is 23.4 Å². The van der Waals surface area contributed by atoms with E-state index in [4.69, 9.17) is 4.52 Å². The Morgan fingerprint density at radius 1 is 1.26 bits per heavy atom. The van der Waals surface area contributed by atoms with Crippen molar-refractivity contribution in [2.75, 3.05) is 5.32 Å². The van der Waals surface area contributed by atoms with E-state index in [-0.39, 0.29) is 11.7 Å². The number of nitriles is 1. The molecule has 136 valence electrons. The highest BCUT2D eigenvalue weighted by Gasteiger charge is 2.24. The Morgan fingerprint density at radius 3 is 2.81 bits per heavy atom. The minimum atomic E-state index is 0.144. The zero-order valence-corrected chi connectivity index (χ0v) is 15.5. The first-order valence-electron chi connectivity index (χ1n) is 9.06. The lowest BCUT2D eigenvalue weighted by Gasteiger charge is -2.14. The largest absolute Gasteiger partial charge is 0.380 e. The van der Waals surface area contributed by atoms with Crippen LogP contribution in [0, 0.1) is 11.3 Å². The van der Waals surface area contributed by atoms with Crippen molar-refractivity contribution in [3.63, 3.8) is 0 Å². The van der Waals surface area contributed by atoms with E-state index >= 15 is 0 Å². The Hall–Kier alpha value is -3.40. The molecule has 3 heterocycles. The standard InChI is InChI=1S/C20H20N6O/c1-4-7-15-25-20(27-26-15)16-14(10-21)24-17-12-8-5-6-9-13(12)23-19(17)18(16)22-11(2)3/h5-6,8-9,11,23H,4,7H2,1-3H3,(H,22,24). The minimum Gasteiger partial charge on any atom is -0.380 e. The number of aromatic amines is 1. The third-order valence-electron chi connectivity index (χ3n) is 4.33. The number of aromatic nitrogens is 4. The topological polar surface area (TPSA) is 103 Å². The number of aryl methyl sites for hydroxylation is 1. The van der Waals surface area contributed by atoms with Crippen molar-refractivity contribution < 1.29 is 4.52 Å². The van der Waals surface area contributed by atoms with E-state index in [1.165, 1.54) is 0 Å². The Morgan fingerprint density at radius 2 is 2.07 bits per heavy atom. The van der Waals surface area contributed by atoms with E-state index in [9.17, 15) is 5.26 Å². The van der Waals surface area contributed by atoms with Gasteiger partial charge in [-0.05, 0) is 26.3 Å². The van der Waals surface area contributed by atoms with Crippen LogP contribution in [-0.2, 0) is 6.42 Å². The summed E-state index contributed by atoms with van der Waals surface area (Å²) in [6, 6.07) is 10.3. The molecule has 2 N–H and O–H groups in total. The summed E-state index contributed by atoms with van der Waals surface area (Å²) in [4.78, 5) is 12.5. The van der Waals surface area contributed by atoms with Crippen LogP contribution in [0.5, 0.6) is 0 Å². The van der Waals surface area contributed by atoms with Crippen molar-refractivity contribution in [3.05, 3.63) is 35.8 Å². The average molecular weight is 360 g/mol. The highest BCUT2D eigenvalue weighted by atomic mass is 16.5. The SMILES string of the molecule is CCCc1noc(-c2c(C#N)nc3c([nH]c4ccccc43)c2NC(C)C)n1. The van der Waals surface area contributed by atoms with E-state index < -0.39 is 0 Å². The first kappa shape index (κ1) is 17.0. The molecule has 0 unspecified atom stereocenters. The van der Waals surface area contributed by atoms with Gasteiger partial charge in [0.2, 0.25) is 0 Å². The molecule has 4 aromatic rings. The predicted molar refractivity (Wildman–Crippen MR) is 104 cm³/mol. The molecule has 27 heavy (non-hydrogen) atoms. The van der Waals surface area contributed by atoms with Gasteiger partial charge in [0.1, 0.15) is 11.6 Å². The van der Waals surface area contributed by atoms with Gasteiger partial charge >= 0.3 is 0 Å². The lowest BCUT2D eigenvalue weighted by atomic mass is 10.1. The molecule has 0 fully saturated rings. The van der Waals surface area contributed by atoms with Crippen LogP contribution in [0.4, 0.5) is 5.69 Å². The van der Waals surface area contributed by atoms with E-state index in [0.29, 0.717) is 17.3 Å². The molecule has 7 heteroatoms. The molecule has 4 rings (SSSR count). The minimum absolute atomic E-state index is 0.144. The maximum absolute atomic E-state index is 9.78. The number of rotatable bonds is 5. The summed E-state index contributed by atoms with van der Waals surface area (Å²) in [7, 11) is 0. The summed E-state index contributed by atoms with van der Waals surface area (Å²) in [5, 5.41) is 18.2. The number of hydrogen-bond donors (Lipinski definition) is 2. The maximum Gasteiger partial charge on any atom is 0.263 e. The van der Waals surface area contributed by atoms with Crippen LogP contribution in [0.25, 0.3) is 33.4 Å². The summed E-state index contributed by atoms with van der Waals surface area (Å²) in [6.45, 7) is 6.14. The predicted octanol–water partition coefficient (Wildman–Crippen LogP) is 4.41. The average Bonchev–Trinajstić information content (AvgIpc) is 3.26. The molecule has 3 aromatic heterocycles. The van der Waals surface area contributed by atoms with Gasteiger partial charge in [-0.15, -0.1) is 0 Å². The zero-order chi connectivity index (χ0) is 19.0. The Bertz CT molecular complexity index is 1160. The third kappa shape index (κ3) is 2.89. The van der Waals surface area contributed by atoms with Crippen LogP contribution in [0.3, 0.4) is 0 Å². The fourth-order valence-corrected chi connectivity index (χ4v) is 3.24. The van der Waals surface area contributed by atoms with Crippen LogP contribution in [0.15, 0.2) is 28.8 Å². The van der Waals surface area contributed by atoms with Gasteiger partial charge in [0.05, 0.1) is 16.7 Å². The van der Waals surface area contributed by atoms with Crippen molar-refractivity contribution in [2.45, 2.75) is 39.7 Å². The van der Waals surface area contributed by atoms with Crippen molar-refractivity contribution in [2.24, 2.45) is 0 Å². The summed E-state index contributed by atoms with van der Waals surface area (Å²) in [5.41, 5.74) is 4.11. The summed E-state index contributed by atoms with van der Waals surface area (Å²) < 4.78 is 5.48. The molecule has 0 aliphatic rings. The van der Waals surface area contributed by atoms with E-state index in [0.717, 1.165) is 40.5 Å². The van der Waals surface area contributed by atoms with Crippen molar-refractivity contribution in [3.8, 4) is 17.5 Å². The van der Waals surface area contributed by atoms with Gasteiger partial charge in [-0.25, -0.2) is 4.98 Å². The molecule has 0 spiro atoms. The number of nitrogens with one attached hydrogen (secondary N) is 2. The van der Waals surface area contributed by atoms with Gasteiger partial charge < -0.3 is 14.8 Å². The second kappa shape index (κ2) is 6.72. The lowest BCUT2D eigenvalue weighted by molar-refractivity contribution is 0.422. The molecule has 0 radical (unpaired) electrons. The fraction of sp³-hybridized carbons (Fsp3) is 0.300. The summed E-state index contributed by atoms with van der Waals surface area (Å²) in [5.74, 6) is 0.940. The van der Waals surface area contributed by atoms with Gasteiger partial charge in [-0.1, -0.05) is 30.3 Å². The number of fused-ring (bicyclic) bond motifs is 3. The number of nitrogens with zero attached hydrogens (tertiary/aromatic N) is 4. The normalized spacial score (nSPS) is 11.4. The maximum atomic E-state index is 9.78. The van der Waals surface area contributed by atoms with Crippen LogP contribution < -0.4 is 5.32 Å². The van der Waals surface area contributed by atoms with Crippen molar-refractivity contribution >= 4 is 27.6 Å². The first-order chi connectivity index (χ1) is 13.1. The van der Waals surface area contributed by atoms with E-state index in [1.807, 2.05) is 38.1 Å². The third-order valence-corrected chi connectivity index (χ3v) is 4.33. The smallest absolute Gasteiger partial charge is 0.263 e. The molecule has 0 atom stereocenters. The molecule has 1 aromatic carbocycles. The summed E-state index contributed by atoms with van der Waals surface area (Å²) >= 11 is 0. The number of anilines is 1. The van der Waals surface area contributed by atoms with Crippen molar-refractivity contribution in [1.29, 1.82) is 5.26 Å². The van der Waals surface area contributed by atoms with Gasteiger partial charge in [-0.2, -0.15) is 10.2 Å². The molecule has 0 saturated carbocycles. The molecule has 0 bridgehead atoms. The van der Waals surface area contributed by atoms with E-state index in [2.05, 4.69) is 38.4 Å². The molecule has 0 amide bonds. The molecular formula is C20H20N6O. The van der Waals surface area contributed by atoms with Gasteiger partial charge in [-0.3, -0.25) is 0 Å². The number of para-hydroxylation sites is 1. The van der Waals surface area contributed by atoms with Crippen molar-refractivity contribution in [1.82, 2.24) is 20.1 Å². The first-order valence-corrected chi connectivity index (χ1v) is 9.06. The van der Waals surface area contributed by atoms with Gasteiger partial charge in [0.15, 0.2) is 11.5 Å². The molecule has 0 aliphatic carbocycles. The number of pyridine rings is 1. The van der Waals surface area contributed by atoms with E-state index in [1.54, 1.807) is 0 Å². The molecular weight excluding hydrogens is 340 g/mol. The monoisotopic (exact) mass is 360 g/mol. The summed E-state index contributed by atoms with van der Waals surface area (Å²) in [6.07, 6.45) is 1.64. The number of H-pyrrole nitrogens is 1. The second-order valence-corrected chi connectivity index (χ2v) is 6.78. The Labute approximate surface area is 156 Å². The number of benzene rings is 1. The molecule has 0 saturated heterocycles. The van der Waals surface area contributed by atoms with Crippen LogP contribution >= 0.6 is 0 Å². The van der Waals surface area contributed by atoms with Crippen LogP contribution in [0.2, 0.25) is 0 Å². The highest BCUT2D eigenvalue weighted by molar-refractivity contribution is 6.11. The Balaban J connectivity index is 2.06. The fourth-order valence-electron chi connectivity index (χ4n) is 3.24. The Kier molecular flexibility index (Phi) is 4.24. The second-order valence-electron chi connectivity index (χ2n) is 6.78. The van der Waals surface area contributed by atoms with Crippen LogP contribution in [-0.4, -0.2) is 26.2 Å². The number of hydrogen-bond acceptors (Lipinski definition) is 6. The lowest BCUT2D eigenvalue weighted by Crippen LogP contribution is -2.12. The highest BCUT2D eigenvalue weighted by Crippen LogP contribution is 2.38. The quantitative estimate of drug-likeness (QED) is 0.546. The molecule has 0 aliphatic heterocycles. The van der Waals surface area contributed by atoms with Crippen LogP contribution in [0.1, 0.15) is 38.7 Å².